The van der Waals surface area contributed by atoms with Crippen LogP contribution in [0.5, 0.6) is 11.5 Å². The molecule has 2 aromatic rings. The van der Waals surface area contributed by atoms with Gasteiger partial charge in [0.15, 0.2) is 0 Å². The third-order valence-electron chi connectivity index (χ3n) is 2.52. The fraction of sp³-hybridized carbons (Fsp3) is 0.250. The number of methoxy groups -OCH3 is 2. The van der Waals surface area contributed by atoms with Crippen LogP contribution in [0, 0.1) is 0 Å². The van der Waals surface area contributed by atoms with Gasteiger partial charge in [-0.2, -0.15) is 0 Å². The zero-order valence-corrected chi connectivity index (χ0v) is 11.0. The summed E-state index contributed by atoms with van der Waals surface area (Å²) in [5.74, 6) is 0.744. The first-order chi connectivity index (χ1) is 9.62. The van der Waals surface area contributed by atoms with E-state index in [2.05, 4.69) is 15.1 Å². The van der Waals surface area contributed by atoms with Gasteiger partial charge in [-0.3, -0.25) is 9.32 Å². The minimum Gasteiger partial charge on any atom is -0.497 e. The summed E-state index contributed by atoms with van der Waals surface area (Å²) < 4.78 is 15.9. The molecule has 0 spiro atoms. The SMILES string of the molecule is COc1ccc(OC)c(NC(=O)C[n+]2cc(=O)o[nH]2)c1. The van der Waals surface area contributed by atoms with Crippen LogP contribution in [0.15, 0.2) is 33.7 Å². The first-order valence-electron chi connectivity index (χ1n) is 5.72. The van der Waals surface area contributed by atoms with Crippen molar-refractivity contribution in [3.8, 4) is 11.5 Å². The van der Waals surface area contributed by atoms with Crippen LogP contribution >= 0.6 is 0 Å². The Morgan fingerprint density at radius 2 is 2.20 bits per heavy atom. The van der Waals surface area contributed by atoms with Crippen LogP contribution in [0.3, 0.4) is 0 Å². The molecule has 0 saturated carbocycles. The molecule has 0 atom stereocenters. The lowest BCUT2D eigenvalue weighted by molar-refractivity contribution is -0.750. The van der Waals surface area contributed by atoms with Crippen molar-refractivity contribution < 1.29 is 23.5 Å². The van der Waals surface area contributed by atoms with Crippen LogP contribution in [0.25, 0.3) is 0 Å². The molecule has 1 amide bonds. The molecular weight excluding hydrogens is 266 g/mol. The monoisotopic (exact) mass is 280 g/mol. The maximum Gasteiger partial charge on any atom is 0.426 e. The van der Waals surface area contributed by atoms with Crippen LogP contribution in [-0.4, -0.2) is 25.4 Å². The van der Waals surface area contributed by atoms with E-state index in [1.807, 2.05) is 0 Å². The molecule has 0 bridgehead atoms. The Kier molecular flexibility index (Phi) is 4.04. The molecule has 1 aromatic heterocycles. The Labute approximate surface area is 113 Å². The Bertz CT molecular complexity index is 661. The molecule has 1 heterocycles. The van der Waals surface area contributed by atoms with Crippen molar-refractivity contribution >= 4 is 11.6 Å². The number of nitrogens with one attached hydrogen (secondary N) is 2. The number of carbonyl (C=O) groups is 1. The predicted molar refractivity (Wildman–Crippen MR) is 67.7 cm³/mol. The maximum atomic E-state index is 11.9. The molecule has 0 saturated heterocycles. The first kappa shape index (κ1) is 13.7. The normalized spacial score (nSPS) is 10.1. The largest absolute Gasteiger partial charge is 0.497 e. The number of benzene rings is 1. The molecule has 0 unspecified atom stereocenters. The second-order valence-electron chi connectivity index (χ2n) is 3.88. The molecule has 0 aliphatic carbocycles. The smallest absolute Gasteiger partial charge is 0.426 e. The van der Waals surface area contributed by atoms with E-state index in [1.165, 1.54) is 18.9 Å². The van der Waals surface area contributed by atoms with Gasteiger partial charge >= 0.3 is 5.63 Å². The number of anilines is 1. The number of H-pyrrole nitrogens is 1. The van der Waals surface area contributed by atoms with Crippen LogP contribution in [-0.2, 0) is 11.3 Å². The van der Waals surface area contributed by atoms with Crippen molar-refractivity contribution in [1.29, 1.82) is 0 Å². The lowest BCUT2D eigenvalue weighted by Crippen LogP contribution is -2.41. The zero-order chi connectivity index (χ0) is 14.5. The van der Waals surface area contributed by atoms with E-state index in [1.54, 1.807) is 18.2 Å². The van der Waals surface area contributed by atoms with Crippen LogP contribution in [0.4, 0.5) is 5.69 Å². The van der Waals surface area contributed by atoms with Gasteiger partial charge in [0.05, 0.1) is 19.9 Å². The summed E-state index contributed by atoms with van der Waals surface area (Å²) in [6, 6.07) is 5.04. The van der Waals surface area contributed by atoms with Crippen LogP contribution in [0.1, 0.15) is 0 Å². The van der Waals surface area contributed by atoms with E-state index in [4.69, 9.17) is 9.47 Å². The number of carbonyl (C=O) groups excluding carboxylic acids is 1. The van der Waals surface area contributed by atoms with E-state index in [9.17, 15) is 9.59 Å². The first-order valence-corrected chi connectivity index (χ1v) is 5.72. The van der Waals surface area contributed by atoms with Gasteiger partial charge in [-0.05, 0) is 17.4 Å². The van der Waals surface area contributed by atoms with Crippen molar-refractivity contribution in [2.75, 3.05) is 19.5 Å². The lowest BCUT2D eigenvalue weighted by atomic mass is 10.2. The second kappa shape index (κ2) is 5.91. The molecule has 0 fully saturated rings. The number of aromatic amines is 1. The molecule has 2 rings (SSSR count). The average molecular weight is 280 g/mol. The van der Waals surface area contributed by atoms with Gasteiger partial charge in [-0.25, -0.2) is 4.79 Å². The number of rotatable bonds is 5. The molecule has 0 aliphatic heterocycles. The van der Waals surface area contributed by atoms with E-state index in [0.29, 0.717) is 17.2 Å². The van der Waals surface area contributed by atoms with Gasteiger partial charge in [0.2, 0.25) is 0 Å². The van der Waals surface area contributed by atoms with Crippen molar-refractivity contribution in [3.05, 3.63) is 34.8 Å². The van der Waals surface area contributed by atoms with Gasteiger partial charge < -0.3 is 14.8 Å². The molecule has 1 aromatic carbocycles. The zero-order valence-electron chi connectivity index (χ0n) is 11.0. The van der Waals surface area contributed by atoms with Crippen molar-refractivity contribution in [2.45, 2.75) is 6.54 Å². The Balaban J connectivity index is 2.12. The summed E-state index contributed by atoms with van der Waals surface area (Å²) in [4.78, 5) is 22.7. The molecule has 8 nitrogen and oxygen atoms in total. The number of aromatic nitrogens is 2. The topological polar surface area (TPSA) is 97.4 Å². The molecule has 2 N–H and O–H groups in total. The van der Waals surface area contributed by atoms with Gasteiger partial charge in [0, 0.05) is 6.07 Å². The fourth-order valence-corrected chi connectivity index (χ4v) is 1.62. The summed E-state index contributed by atoms with van der Waals surface area (Å²) in [7, 11) is 3.03. The second-order valence-corrected chi connectivity index (χ2v) is 3.88. The Morgan fingerprint density at radius 1 is 1.40 bits per heavy atom. The Hall–Kier alpha value is -2.77. The van der Waals surface area contributed by atoms with Crippen molar-refractivity contribution in [3.63, 3.8) is 0 Å². The standard InChI is InChI=1S/C12H13N3O5/c1-18-8-3-4-10(19-2)9(5-8)13-11(16)6-15-7-12(17)20-14-15/h3-5,7H,6H2,1-2H3,(H-,13,14,16,17)/p+1. The fourth-order valence-electron chi connectivity index (χ4n) is 1.62. The predicted octanol–water partition coefficient (Wildman–Crippen LogP) is -0.0887. The highest BCUT2D eigenvalue weighted by Crippen LogP contribution is 2.28. The number of ether oxygens (including phenoxy) is 2. The summed E-state index contributed by atoms with van der Waals surface area (Å²) in [6.45, 7) is -0.0912. The van der Waals surface area contributed by atoms with E-state index in [0.717, 1.165) is 6.20 Å². The maximum absolute atomic E-state index is 11.9. The average Bonchev–Trinajstić information content (AvgIpc) is 2.83. The number of amides is 1. The number of hydrogen-bond donors (Lipinski definition) is 2. The highest BCUT2D eigenvalue weighted by molar-refractivity contribution is 5.91. The van der Waals surface area contributed by atoms with Gasteiger partial charge in [0.1, 0.15) is 11.5 Å². The molecule has 0 radical (unpaired) electrons. The van der Waals surface area contributed by atoms with Crippen LogP contribution < -0.4 is 25.1 Å². The highest BCUT2D eigenvalue weighted by Gasteiger charge is 2.15. The summed E-state index contributed by atoms with van der Waals surface area (Å²) in [5.41, 5.74) is -0.0833. The van der Waals surface area contributed by atoms with Crippen molar-refractivity contribution in [1.82, 2.24) is 5.27 Å². The van der Waals surface area contributed by atoms with Gasteiger partial charge in [-0.1, -0.05) is 4.68 Å². The molecule has 0 aliphatic rings. The Morgan fingerprint density at radius 3 is 2.80 bits per heavy atom. The quantitative estimate of drug-likeness (QED) is 0.746. The summed E-state index contributed by atoms with van der Waals surface area (Å²) >= 11 is 0. The highest BCUT2D eigenvalue weighted by atomic mass is 16.5. The van der Waals surface area contributed by atoms with E-state index >= 15 is 0 Å². The van der Waals surface area contributed by atoms with Crippen molar-refractivity contribution in [2.24, 2.45) is 0 Å². The van der Waals surface area contributed by atoms with E-state index < -0.39 is 5.63 Å². The number of nitrogens with zero attached hydrogens (tertiary/aromatic N) is 1. The minimum atomic E-state index is -0.559. The third-order valence-corrected chi connectivity index (χ3v) is 2.52. The summed E-state index contributed by atoms with van der Waals surface area (Å²) in [6.07, 6.45) is 1.14. The van der Waals surface area contributed by atoms with E-state index in [-0.39, 0.29) is 12.5 Å². The molecule has 20 heavy (non-hydrogen) atoms. The third kappa shape index (κ3) is 3.16. The van der Waals surface area contributed by atoms with Gasteiger partial charge in [-0.15, -0.1) is 0 Å². The molecule has 8 heteroatoms. The molecular formula is C12H14N3O5+. The minimum absolute atomic E-state index is 0.0912. The number of hydrogen-bond acceptors (Lipinski definition) is 5. The molecule has 106 valence electrons. The van der Waals surface area contributed by atoms with Gasteiger partial charge in [0.25, 0.3) is 18.6 Å². The lowest BCUT2D eigenvalue weighted by Gasteiger charge is -2.10. The summed E-state index contributed by atoms with van der Waals surface area (Å²) in [5, 5.41) is 4.95. The van der Waals surface area contributed by atoms with Crippen LogP contribution in [0.2, 0.25) is 0 Å².